The van der Waals surface area contributed by atoms with Crippen LogP contribution in [0.1, 0.15) is 6.92 Å². The smallest absolute Gasteiger partial charge is 0.167 e. The van der Waals surface area contributed by atoms with Crippen LogP contribution in [0.15, 0.2) is 24.3 Å². The van der Waals surface area contributed by atoms with Gasteiger partial charge in [0.1, 0.15) is 6.61 Å². The molecule has 0 spiro atoms. The molecule has 0 atom stereocenters. The van der Waals surface area contributed by atoms with E-state index in [4.69, 9.17) is 4.74 Å². The van der Waals surface area contributed by atoms with Crippen LogP contribution in [0.2, 0.25) is 0 Å². The van der Waals surface area contributed by atoms with Gasteiger partial charge in [-0.15, -0.1) is 0 Å². The van der Waals surface area contributed by atoms with Crippen LogP contribution in [-0.4, -0.2) is 17.5 Å². The Morgan fingerprint density at radius 2 is 2.17 bits per heavy atom. The molecule has 0 aromatic heterocycles. The van der Waals surface area contributed by atoms with Gasteiger partial charge in [-0.1, -0.05) is 12.1 Å². The SMILES string of the molecule is CC(=O)COc1ccccc1O. The Balaban J connectivity index is 2.63. The summed E-state index contributed by atoms with van der Waals surface area (Å²) in [5, 5.41) is 9.19. The molecule has 1 N–H and O–H groups in total. The van der Waals surface area contributed by atoms with E-state index in [2.05, 4.69) is 0 Å². The summed E-state index contributed by atoms with van der Waals surface area (Å²) in [5.74, 6) is 0.324. The fourth-order valence-electron chi connectivity index (χ4n) is 0.759. The predicted octanol–water partition coefficient (Wildman–Crippen LogP) is 1.36. The van der Waals surface area contributed by atoms with Gasteiger partial charge in [0.15, 0.2) is 17.3 Å². The maximum absolute atomic E-state index is 10.5. The Morgan fingerprint density at radius 1 is 1.50 bits per heavy atom. The topological polar surface area (TPSA) is 46.5 Å². The summed E-state index contributed by atoms with van der Waals surface area (Å²) in [7, 11) is 0. The first-order chi connectivity index (χ1) is 5.70. The average molecular weight is 166 g/mol. The molecule has 0 amide bonds. The molecule has 12 heavy (non-hydrogen) atoms. The number of ether oxygens (including phenoxy) is 1. The lowest BCUT2D eigenvalue weighted by atomic mass is 10.3. The van der Waals surface area contributed by atoms with E-state index in [1.807, 2.05) is 0 Å². The third kappa shape index (κ3) is 2.27. The van der Waals surface area contributed by atoms with E-state index in [0.717, 1.165) is 0 Å². The maximum atomic E-state index is 10.5. The van der Waals surface area contributed by atoms with E-state index in [-0.39, 0.29) is 18.1 Å². The Labute approximate surface area is 70.6 Å². The highest BCUT2D eigenvalue weighted by atomic mass is 16.5. The van der Waals surface area contributed by atoms with Crippen LogP contribution < -0.4 is 4.74 Å². The van der Waals surface area contributed by atoms with Crippen molar-refractivity contribution in [3.8, 4) is 11.5 Å². The molecule has 0 saturated heterocycles. The molecule has 0 aliphatic heterocycles. The number of phenols is 1. The quantitative estimate of drug-likeness (QED) is 0.737. The Hall–Kier alpha value is -1.51. The first-order valence-electron chi connectivity index (χ1n) is 3.60. The molecule has 1 rings (SSSR count). The van der Waals surface area contributed by atoms with Crippen LogP contribution in [0, 0.1) is 0 Å². The number of hydrogen-bond donors (Lipinski definition) is 1. The lowest BCUT2D eigenvalue weighted by Gasteiger charge is -2.04. The lowest BCUT2D eigenvalue weighted by molar-refractivity contribution is -0.118. The number of carbonyl (C=O) groups is 1. The van der Waals surface area contributed by atoms with E-state index in [1.165, 1.54) is 13.0 Å². The molecule has 1 aromatic carbocycles. The standard InChI is InChI=1S/C9H10O3/c1-7(10)6-12-9-5-3-2-4-8(9)11/h2-5,11H,6H2,1H3. The first kappa shape index (κ1) is 8.59. The summed E-state index contributed by atoms with van der Waals surface area (Å²) in [6.45, 7) is 1.43. The van der Waals surface area contributed by atoms with Crippen molar-refractivity contribution in [3.05, 3.63) is 24.3 Å². The van der Waals surface area contributed by atoms with Crippen molar-refractivity contribution in [2.45, 2.75) is 6.92 Å². The van der Waals surface area contributed by atoms with Gasteiger partial charge in [0, 0.05) is 0 Å². The minimum absolute atomic E-state index is 0.00241. The van der Waals surface area contributed by atoms with Crippen molar-refractivity contribution in [1.82, 2.24) is 0 Å². The molecule has 3 nitrogen and oxygen atoms in total. The third-order valence-corrected chi connectivity index (χ3v) is 1.30. The van der Waals surface area contributed by atoms with Gasteiger partial charge >= 0.3 is 0 Å². The molecule has 64 valence electrons. The van der Waals surface area contributed by atoms with Crippen molar-refractivity contribution in [2.75, 3.05) is 6.61 Å². The largest absolute Gasteiger partial charge is 0.504 e. The van der Waals surface area contributed by atoms with Gasteiger partial charge in [0.05, 0.1) is 0 Å². The molecule has 0 unspecified atom stereocenters. The first-order valence-corrected chi connectivity index (χ1v) is 3.60. The number of hydrogen-bond acceptors (Lipinski definition) is 3. The predicted molar refractivity (Wildman–Crippen MR) is 44.3 cm³/mol. The summed E-state index contributed by atoms with van der Waals surface area (Å²) in [6.07, 6.45) is 0. The Bertz CT molecular complexity index is 281. The molecule has 0 bridgehead atoms. The van der Waals surface area contributed by atoms with E-state index >= 15 is 0 Å². The van der Waals surface area contributed by atoms with E-state index in [1.54, 1.807) is 18.2 Å². The van der Waals surface area contributed by atoms with Gasteiger partial charge in [-0.25, -0.2) is 0 Å². The highest BCUT2D eigenvalue weighted by molar-refractivity contribution is 5.77. The number of para-hydroxylation sites is 2. The second-order valence-corrected chi connectivity index (χ2v) is 2.46. The van der Waals surface area contributed by atoms with Crippen molar-refractivity contribution < 1.29 is 14.6 Å². The van der Waals surface area contributed by atoms with Crippen LogP contribution in [0.3, 0.4) is 0 Å². The van der Waals surface area contributed by atoms with Crippen LogP contribution in [-0.2, 0) is 4.79 Å². The molecule has 0 saturated carbocycles. The summed E-state index contributed by atoms with van der Waals surface area (Å²) in [5.41, 5.74) is 0. The molecule has 3 heteroatoms. The summed E-state index contributed by atoms with van der Waals surface area (Å²) < 4.78 is 5.00. The lowest BCUT2D eigenvalue weighted by Crippen LogP contribution is -2.06. The molecule has 0 fully saturated rings. The van der Waals surface area contributed by atoms with Crippen molar-refractivity contribution >= 4 is 5.78 Å². The van der Waals surface area contributed by atoms with Crippen LogP contribution in [0.5, 0.6) is 11.5 Å². The highest BCUT2D eigenvalue weighted by Crippen LogP contribution is 2.23. The highest BCUT2D eigenvalue weighted by Gasteiger charge is 2.00. The zero-order chi connectivity index (χ0) is 8.97. The number of Topliss-reactive ketones (excluding diaryl/α,β-unsaturated/α-hetero) is 1. The maximum Gasteiger partial charge on any atom is 0.167 e. The molecule has 1 aromatic rings. The van der Waals surface area contributed by atoms with E-state index < -0.39 is 0 Å². The second-order valence-electron chi connectivity index (χ2n) is 2.46. The van der Waals surface area contributed by atoms with Crippen molar-refractivity contribution in [1.29, 1.82) is 0 Å². The number of carbonyl (C=O) groups excluding carboxylic acids is 1. The minimum Gasteiger partial charge on any atom is -0.504 e. The molecule has 0 heterocycles. The minimum atomic E-state index is -0.0711. The average Bonchev–Trinajstić information content (AvgIpc) is 2.03. The number of rotatable bonds is 3. The summed E-state index contributed by atoms with van der Waals surface area (Å²) in [4.78, 5) is 10.5. The van der Waals surface area contributed by atoms with Crippen LogP contribution >= 0.6 is 0 Å². The summed E-state index contributed by atoms with van der Waals surface area (Å²) >= 11 is 0. The van der Waals surface area contributed by atoms with Gasteiger partial charge in [-0.05, 0) is 19.1 Å². The molecule has 0 radical (unpaired) electrons. The van der Waals surface area contributed by atoms with E-state index in [0.29, 0.717) is 5.75 Å². The Morgan fingerprint density at radius 3 is 2.75 bits per heavy atom. The Kier molecular flexibility index (Phi) is 2.69. The molecular weight excluding hydrogens is 156 g/mol. The molecule has 0 aliphatic carbocycles. The second kappa shape index (κ2) is 3.76. The number of benzene rings is 1. The fraction of sp³-hybridized carbons (Fsp3) is 0.222. The third-order valence-electron chi connectivity index (χ3n) is 1.30. The van der Waals surface area contributed by atoms with Crippen LogP contribution in [0.25, 0.3) is 0 Å². The number of aromatic hydroxyl groups is 1. The van der Waals surface area contributed by atoms with E-state index in [9.17, 15) is 9.90 Å². The zero-order valence-electron chi connectivity index (χ0n) is 6.78. The van der Waals surface area contributed by atoms with Gasteiger partial charge in [0.25, 0.3) is 0 Å². The van der Waals surface area contributed by atoms with Crippen molar-refractivity contribution in [3.63, 3.8) is 0 Å². The van der Waals surface area contributed by atoms with Gasteiger partial charge in [-0.2, -0.15) is 0 Å². The van der Waals surface area contributed by atoms with Gasteiger partial charge in [0.2, 0.25) is 0 Å². The van der Waals surface area contributed by atoms with Crippen molar-refractivity contribution in [2.24, 2.45) is 0 Å². The van der Waals surface area contributed by atoms with Gasteiger partial charge < -0.3 is 9.84 Å². The number of phenolic OH excluding ortho intramolecular Hbond substituents is 1. The fourth-order valence-corrected chi connectivity index (χ4v) is 0.759. The normalized spacial score (nSPS) is 9.42. The number of ketones is 1. The molecular formula is C9H10O3. The van der Waals surface area contributed by atoms with Gasteiger partial charge in [-0.3, -0.25) is 4.79 Å². The van der Waals surface area contributed by atoms with Crippen LogP contribution in [0.4, 0.5) is 0 Å². The summed E-state index contributed by atoms with van der Waals surface area (Å²) in [6, 6.07) is 6.54. The monoisotopic (exact) mass is 166 g/mol. The zero-order valence-corrected chi connectivity index (χ0v) is 6.78. The molecule has 0 aliphatic rings.